The van der Waals surface area contributed by atoms with Gasteiger partial charge in [-0.25, -0.2) is 4.79 Å². The highest BCUT2D eigenvalue weighted by molar-refractivity contribution is 5.74. The third-order valence-electron chi connectivity index (χ3n) is 4.80. The number of ether oxygens (including phenoxy) is 1. The monoisotopic (exact) mass is 322 g/mol. The summed E-state index contributed by atoms with van der Waals surface area (Å²) in [5.41, 5.74) is 0. The van der Waals surface area contributed by atoms with Crippen LogP contribution in [0.5, 0.6) is 0 Å². The first-order valence-corrected chi connectivity index (χ1v) is 8.43. The maximum Gasteiger partial charge on any atom is 0.317 e. The molecular formula is C16H26N4O3. The minimum atomic E-state index is -0.0555. The molecule has 2 fully saturated rings. The maximum absolute atomic E-state index is 12.4. The van der Waals surface area contributed by atoms with Crippen LogP contribution in [-0.4, -0.2) is 47.4 Å². The van der Waals surface area contributed by atoms with Crippen molar-refractivity contribution in [3.05, 3.63) is 11.7 Å². The van der Waals surface area contributed by atoms with Gasteiger partial charge in [0.2, 0.25) is 5.89 Å². The van der Waals surface area contributed by atoms with Crippen molar-refractivity contribution in [3.8, 4) is 0 Å². The number of carbonyl (C=O) groups excluding carboxylic acids is 1. The Hall–Kier alpha value is -1.63. The van der Waals surface area contributed by atoms with E-state index in [2.05, 4.69) is 29.3 Å². The van der Waals surface area contributed by atoms with Crippen LogP contribution in [0.25, 0.3) is 0 Å². The lowest BCUT2D eigenvalue weighted by Crippen LogP contribution is -2.51. The molecule has 1 N–H and O–H groups in total. The van der Waals surface area contributed by atoms with E-state index < -0.39 is 0 Å². The first-order chi connectivity index (χ1) is 11.1. The van der Waals surface area contributed by atoms with Crippen LogP contribution in [0.15, 0.2) is 4.52 Å². The van der Waals surface area contributed by atoms with Crippen LogP contribution >= 0.6 is 0 Å². The number of methoxy groups -OCH3 is 1. The molecule has 0 radical (unpaired) electrons. The van der Waals surface area contributed by atoms with Gasteiger partial charge >= 0.3 is 6.03 Å². The molecule has 1 aliphatic carbocycles. The van der Waals surface area contributed by atoms with Crippen LogP contribution in [0.1, 0.15) is 38.4 Å². The number of carbonyl (C=O) groups is 1. The molecule has 1 unspecified atom stereocenters. The largest absolute Gasteiger partial charge is 0.381 e. The van der Waals surface area contributed by atoms with Crippen LogP contribution in [0.3, 0.4) is 0 Å². The van der Waals surface area contributed by atoms with E-state index >= 15 is 0 Å². The van der Waals surface area contributed by atoms with Gasteiger partial charge in [-0.05, 0) is 18.8 Å². The SMILES string of the molecule is COC1[C@@H]2CC[C@H]1CN(C(=O)NCc1nc(CC(C)C)no1)C2. The van der Waals surface area contributed by atoms with Crippen LogP contribution < -0.4 is 5.32 Å². The zero-order valence-electron chi connectivity index (χ0n) is 14.1. The normalized spacial score (nSPS) is 26.8. The fourth-order valence-electron chi connectivity index (χ4n) is 3.80. The Morgan fingerprint density at radius 3 is 2.70 bits per heavy atom. The molecule has 1 aromatic heterocycles. The van der Waals surface area contributed by atoms with E-state index in [1.165, 1.54) is 0 Å². The molecule has 1 aromatic rings. The van der Waals surface area contributed by atoms with E-state index in [4.69, 9.17) is 9.26 Å². The standard InChI is InChI=1S/C16H26N4O3/c1-10(2)6-13-18-14(23-19-13)7-17-16(21)20-8-11-4-5-12(9-20)15(11)22-3/h10-12,15H,4-9H2,1-3H3,(H,17,21)/t11-,12+,15?. The molecule has 0 aromatic carbocycles. The number of piperidine rings is 1. The number of hydrogen-bond acceptors (Lipinski definition) is 5. The van der Waals surface area contributed by atoms with Gasteiger partial charge in [0, 0.05) is 38.5 Å². The van der Waals surface area contributed by atoms with Crippen LogP contribution in [0, 0.1) is 17.8 Å². The van der Waals surface area contributed by atoms with Gasteiger partial charge in [0.15, 0.2) is 5.82 Å². The topological polar surface area (TPSA) is 80.5 Å². The van der Waals surface area contributed by atoms with Crippen molar-refractivity contribution in [3.63, 3.8) is 0 Å². The summed E-state index contributed by atoms with van der Waals surface area (Å²) in [6.45, 7) is 6.03. The molecule has 2 heterocycles. The highest BCUT2D eigenvalue weighted by atomic mass is 16.5. The van der Waals surface area contributed by atoms with Crippen molar-refractivity contribution in [2.24, 2.45) is 17.8 Å². The van der Waals surface area contributed by atoms with Crippen LogP contribution in [0.2, 0.25) is 0 Å². The van der Waals surface area contributed by atoms with E-state index in [0.29, 0.717) is 35.6 Å². The summed E-state index contributed by atoms with van der Waals surface area (Å²) in [5, 5.41) is 6.82. The third-order valence-corrected chi connectivity index (χ3v) is 4.80. The second-order valence-electron chi connectivity index (χ2n) is 7.06. The lowest BCUT2D eigenvalue weighted by Gasteiger charge is -2.37. The van der Waals surface area contributed by atoms with Gasteiger partial charge in [0.25, 0.3) is 0 Å². The van der Waals surface area contributed by atoms with Crippen molar-refractivity contribution >= 4 is 6.03 Å². The number of rotatable bonds is 5. The Morgan fingerprint density at radius 1 is 1.39 bits per heavy atom. The minimum absolute atomic E-state index is 0.0555. The minimum Gasteiger partial charge on any atom is -0.381 e. The molecule has 0 spiro atoms. The van der Waals surface area contributed by atoms with E-state index in [1.54, 1.807) is 7.11 Å². The summed E-state index contributed by atoms with van der Waals surface area (Å²) in [7, 11) is 1.77. The van der Waals surface area contributed by atoms with Gasteiger partial charge in [-0.1, -0.05) is 19.0 Å². The predicted molar refractivity (Wildman–Crippen MR) is 83.7 cm³/mol. The quantitative estimate of drug-likeness (QED) is 0.894. The zero-order valence-corrected chi connectivity index (χ0v) is 14.1. The Balaban J connectivity index is 1.49. The zero-order chi connectivity index (χ0) is 16.4. The molecule has 2 bridgehead atoms. The highest BCUT2D eigenvalue weighted by Crippen LogP contribution is 2.38. The Labute approximate surface area is 136 Å². The summed E-state index contributed by atoms with van der Waals surface area (Å²) in [6.07, 6.45) is 3.39. The molecule has 1 saturated heterocycles. The second-order valence-corrected chi connectivity index (χ2v) is 7.06. The van der Waals surface area contributed by atoms with Crippen LogP contribution in [0.4, 0.5) is 4.79 Å². The van der Waals surface area contributed by atoms with Crippen molar-refractivity contribution in [1.82, 2.24) is 20.4 Å². The van der Waals surface area contributed by atoms with Gasteiger partial charge in [0.05, 0.1) is 12.6 Å². The first kappa shape index (κ1) is 16.2. The lowest BCUT2D eigenvalue weighted by molar-refractivity contribution is -0.00515. The predicted octanol–water partition coefficient (Wildman–Crippen LogP) is 1.83. The van der Waals surface area contributed by atoms with E-state index in [9.17, 15) is 4.79 Å². The number of hydrogen-bond donors (Lipinski definition) is 1. The van der Waals surface area contributed by atoms with E-state index in [-0.39, 0.29) is 12.6 Å². The molecule has 128 valence electrons. The lowest BCUT2D eigenvalue weighted by atomic mass is 9.95. The maximum atomic E-state index is 12.4. The molecule has 1 aliphatic heterocycles. The molecule has 7 nitrogen and oxygen atoms in total. The third kappa shape index (κ3) is 3.65. The van der Waals surface area contributed by atoms with E-state index in [0.717, 1.165) is 32.4 Å². The second kappa shape index (κ2) is 6.86. The van der Waals surface area contributed by atoms with Crippen molar-refractivity contribution < 1.29 is 14.1 Å². The molecule has 2 aliphatic rings. The molecule has 3 atom stereocenters. The highest BCUT2D eigenvalue weighted by Gasteiger charge is 2.43. The summed E-state index contributed by atoms with van der Waals surface area (Å²) in [5.74, 6) is 2.57. The summed E-state index contributed by atoms with van der Waals surface area (Å²) in [4.78, 5) is 18.6. The van der Waals surface area contributed by atoms with Crippen molar-refractivity contribution in [2.45, 2.75) is 45.8 Å². The van der Waals surface area contributed by atoms with Crippen LogP contribution in [-0.2, 0) is 17.7 Å². The molecule has 23 heavy (non-hydrogen) atoms. The Bertz CT molecular complexity index is 531. The number of amides is 2. The molecule has 7 heteroatoms. The fourth-order valence-corrected chi connectivity index (χ4v) is 3.80. The van der Waals surface area contributed by atoms with Gasteiger partial charge in [-0.15, -0.1) is 0 Å². The number of aromatic nitrogens is 2. The first-order valence-electron chi connectivity index (χ1n) is 8.43. The van der Waals surface area contributed by atoms with Gasteiger partial charge < -0.3 is 19.5 Å². The molecular weight excluding hydrogens is 296 g/mol. The molecule has 2 amide bonds. The smallest absolute Gasteiger partial charge is 0.317 e. The van der Waals surface area contributed by atoms with Crippen molar-refractivity contribution in [1.29, 1.82) is 0 Å². The average molecular weight is 322 g/mol. The molecule has 3 rings (SSSR count). The number of nitrogens with one attached hydrogen (secondary N) is 1. The number of nitrogens with zero attached hydrogens (tertiary/aromatic N) is 3. The number of fused-ring (bicyclic) bond motifs is 2. The molecule has 1 saturated carbocycles. The van der Waals surface area contributed by atoms with Gasteiger partial charge in [0.1, 0.15) is 0 Å². The Kier molecular flexibility index (Phi) is 4.84. The number of urea groups is 1. The van der Waals surface area contributed by atoms with Gasteiger partial charge in [-0.2, -0.15) is 4.98 Å². The fraction of sp³-hybridized carbons (Fsp3) is 0.812. The van der Waals surface area contributed by atoms with Gasteiger partial charge in [-0.3, -0.25) is 0 Å². The van der Waals surface area contributed by atoms with E-state index in [1.807, 2.05) is 4.90 Å². The summed E-state index contributed by atoms with van der Waals surface area (Å²) >= 11 is 0. The van der Waals surface area contributed by atoms with Crippen molar-refractivity contribution in [2.75, 3.05) is 20.2 Å². The summed E-state index contributed by atoms with van der Waals surface area (Å²) in [6, 6.07) is -0.0555. The number of likely N-dealkylation sites (tertiary alicyclic amines) is 1. The average Bonchev–Trinajstić information content (AvgIpc) is 3.05. The summed E-state index contributed by atoms with van der Waals surface area (Å²) < 4.78 is 10.8. The Morgan fingerprint density at radius 2 is 2.09 bits per heavy atom.